The van der Waals surface area contributed by atoms with Gasteiger partial charge >= 0.3 is 5.97 Å². The summed E-state index contributed by atoms with van der Waals surface area (Å²) in [6.07, 6.45) is 6.06. The summed E-state index contributed by atoms with van der Waals surface area (Å²) in [5, 5.41) is 14.3. The van der Waals surface area contributed by atoms with Crippen molar-refractivity contribution in [3.05, 3.63) is 35.6 Å². The average Bonchev–Trinajstić information content (AvgIpc) is 3.13. The fraction of sp³-hybridized carbons (Fsp3) is 0.526. The standard InChI is InChI=1S/C19H25FN2O4/c20-15-8-6-14(7-9-15)16(19(25)26)11-21-18(24)12-22-17(23)10-5-13-3-1-2-4-13/h6-9,13,16H,1-5,10-12H2,(H,21,24)(H,22,23)(H,25,26). The molecule has 2 rings (SSSR count). The molecule has 0 heterocycles. The Morgan fingerprint density at radius 1 is 1.08 bits per heavy atom. The molecule has 0 bridgehead atoms. The van der Waals surface area contributed by atoms with E-state index < -0.39 is 23.6 Å². The Balaban J connectivity index is 1.71. The van der Waals surface area contributed by atoms with Crippen LogP contribution in [0.2, 0.25) is 0 Å². The van der Waals surface area contributed by atoms with Crippen LogP contribution in [0.15, 0.2) is 24.3 Å². The lowest BCUT2D eigenvalue weighted by molar-refractivity contribution is -0.138. The number of hydrogen-bond donors (Lipinski definition) is 3. The van der Waals surface area contributed by atoms with Crippen molar-refractivity contribution >= 4 is 17.8 Å². The van der Waals surface area contributed by atoms with Gasteiger partial charge < -0.3 is 15.7 Å². The summed E-state index contributed by atoms with van der Waals surface area (Å²) in [5.74, 6) is -2.55. The Morgan fingerprint density at radius 3 is 2.35 bits per heavy atom. The highest BCUT2D eigenvalue weighted by atomic mass is 19.1. The topological polar surface area (TPSA) is 95.5 Å². The summed E-state index contributed by atoms with van der Waals surface area (Å²) in [5.41, 5.74) is 0.403. The van der Waals surface area contributed by atoms with Gasteiger partial charge in [0.05, 0.1) is 12.5 Å². The average molecular weight is 364 g/mol. The van der Waals surface area contributed by atoms with E-state index in [4.69, 9.17) is 0 Å². The quantitative estimate of drug-likeness (QED) is 0.626. The van der Waals surface area contributed by atoms with Crippen LogP contribution in [0.1, 0.15) is 50.0 Å². The highest BCUT2D eigenvalue weighted by Crippen LogP contribution is 2.28. The van der Waals surface area contributed by atoms with Crippen molar-refractivity contribution in [3.63, 3.8) is 0 Å². The minimum atomic E-state index is -1.11. The molecule has 142 valence electrons. The first-order chi connectivity index (χ1) is 12.5. The van der Waals surface area contributed by atoms with Gasteiger partial charge in [-0.05, 0) is 30.0 Å². The normalized spacial score (nSPS) is 15.4. The van der Waals surface area contributed by atoms with Crippen LogP contribution in [-0.4, -0.2) is 36.0 Å². The van der Waals surface area contributed by atoms with Crippen LogP contribution in [0.25, 0.3) is 0 Å². The number of carboxylic acid groups (broad SMARTS) is 1. The fourth-order valence-corrected chi connectivity index (χ4v) is 3.22. The van der Waals surface area contributed by atoms with E-state index >= 15 is 0 Å². The summed E-state index contributed by atoms with van der Waals surface area (Å²) in [6, 6.07) is 5.12. The Hall–Kier alpha value is -2.44. The molecule has 1 unspecified atom stereocenters. The fourth-order valence-electron chi connectivity index (χ4n) is 3.22. The van der Waals surface area contributed by atoms with Crippen LogP contribution < -0.4 is 10.6 Å². The Labute approximate surface area is 152 Å². The molecule has 6 nitrogen and oxygen atoms in total. The zero-order chi connectivity index (χ0) is 18.9. The zero-order valence-corrected chi connectivity index (χ0v) is 14.7. The highest BCUT2D eigenvalue weighted by molar-refractivity contribution is 5.85. The molecular weight excluding hydrogens is 339 g/mol. The van der Waals surface area contributed by atoms with Gasteiger partial charge in [-0.25, -0.2) is 4.39 Å². The van der Waals surface area contributed by atoms with Crippen LogP contribution >= 0.6 is 0 Å². The van der Waals surface area contributed by atoms with Gasteiger partial charge in [-0.2, -0.15) is 0 Å². The first kappa shape index (κ1) is 19.9. The maximum absolute atomic E-state index is 12.9. The van der Waals surface area contributed by atoms with E-state index in [0.29, 0.717) is 17.9 Å². The summed E-state index contributed by atoms with van der Waals surface area (Å²) in [4.78, 5) is 35.0. The molecule has 2 amide bonds. The van der Waals surface area contributed by atoms with E-state index in [1.54, 1.807) is 0 Å². The molecule has 0 spiro atoms. The van der Waals surface area contributed by atoms with Gasteiger partial charge in [0, 0.05) is 13.0 Å². The van der Waals surface area contributed by atoms with Gasteiger partial charge in [0.25, 0.3) is 0 Å². The minimum Gasteiger partial charge on any atom is -0.481 e. The van der Waals surface area contributed by atoms with Gasteiger partial charge in [0.2, 0.25) is 11.8 Å². The molecule has 26 heavy (non-hydrogen) atoms. The molecule has 0 radical (unpaired) electrons. The summed E-state index contributed by atoms with van der Waals surface area (Å²) in [6.45, 7) is -0.309. The third-order valence-electron chi connectivity index (χ3n) is 4.77. The molecule has 1 aromatic rings. The molecule has 1 aliphatic carbocycles. The first-order valence-electron chi connectivity index (χ1n) is 8.97. The van der Waals surface area contributed by atoms with Crippen molar-refractivity contribution in [2.45, 2.75) is 44.4 Å². The van der Waals surface area contributed by atoms with Crippen LogP contribution in [0.3, 0.4) is 0 Å². The van der Waals surface area contributed by atoms with Crippen molar-refractivity contribution in [2.75, 3.05) is 13.1 Å². The van der Waals surface area contributed by atoms with Gasteiger partial charge in [0.1, 0.15) is 5.82 Å². The smallest absolute Gasteiger partial charge is 0.312 e. The molecule has 1 atom stereocenters. The lowest BCUT2D eigenvalue weighted by Crippen LogP contribution is -2.39. The molecule has 1 aliphatic rings. The largest absolute Gasteiger partial charge is 0.481 e. The number of nitrogens with one attached hydrogen (secondary N) is 2. The number of rotatable bonds is 9. The lowest BCUT2D eigenvalue weighted by Gasteiger charge is -2.14. The summed E-state index contributed by atoms with van der Waals surface area (Å²) < 4.78 is 12.9. The molecule has 0 aliphatic heterocycles. The van der Waals surface area contributed by atoms with E-state index in [0.717, 1.165) is 6.42 Å². The number of hydrogen-bond acceptors (Lipinski definition) is 3. The first-order valence-corrected chi connectivity index (χ1v) is 8.97. The maximum atomic E-state index is 12.9. The number of benzene rings is 1. The number of halogens is 1. The number of aliphatic carboxylic acids is 1. The third kappa shape index (κ3) is 6.46. The van der Waals surface area contributed by atoms with E-state index in [2.05, 4.69) is 10.6 Å². The van der Waals surface area contributed by atoms with E-state index in [1.165, 1.54) is 49.9 Å². The third-order valence-corrected chi connectivity index (χ3v) is 4.77. The van der Waals surface area contributed by atoms with Crippen molar-refractivity contribution in [1.29, 1.82) is 0 Å². The monoisotopic (exact) mass is 364 g/mol. The summed E-state index contributed by atoms with van der Waals surface area (Å²) in [7, 11) is 0. The predicted octanol–water partition coefficient (Wildman–Crippen LogP) is 2.20. The molecule has 7 heteroatoms. The molecule has 0 saturated heterocycles. The van der Waals surface area contributed by atoms with Gasteiger partial charge in [-0.1, -0.05) is 37.8 Å². The van der Waals surface area contributed by atoms with Crippen molar-refractivity contribution in [1.82, 2.24) is 10.6 Å². The van der Waals surface area contributed by atoms with Crippen molar-refractivity contribution < 1.29 is 23.9 Å². The van der Waals surface area contributed by atoms with Crippen LogP contribution in [-0.2, 0) is 14.4 Å². The second-order valence-corrected chi connectivity index (χ2v) is 6.71. The minimum absolute atomic E-state index is 0.127. The van der Waals surface area contributed by atoms with Crippen molar-refractivity contribution in [2.24, 2.45) is 5.92 Å². The predicted molar refractivity (Wildman–Crippen MR) is 94.0 cm³/mol. The number of carbonyl (C=O) groups is 3. The molecule has 1 saturated carbocycles. The molecule has 1 aromatic carbocycles. The number of carboxylic acids is 1. The molecule has 1 fully saturated rings. The number of amides is 2. The second-order valence-electron chi connectivity index (χ2n) is 6.71. The van der Waals surface area contributed by atoms with E-state index in [9.17, 15) is 23.9 Å². The van der Waals surface area contributed by atoms with Gasteiger partial charge in [-0.15, -0.1) is 0 Å². The summed E-state index contributed by atoms with van der Waals surface area (Å²) >= 11 is 0. The maximum Gasteiger partial charge on any atom is 0.312 e. The number of carbonyl (C=O) groups excluding carboxylic acids is 2. The van der Waals surface area contributed by atoms with Crippen molar-refractivity contribution in [3.8, 4) is 0 Å². The zero-order valence-electron chi connectivity index (χ0n) is 14.7. The van der Waals surface area contributed by atoms with Crippen LogP contribution in [0.5, 0.6) is 0 Å². The van der Waals surface area contributed by atoms with E-state index in [1.807, 2.05) is 0 Å². The Morgan fingerprint density at radius 2 is 1.73 bits per heavy atom. The highest BCUT2D eigenvalue weighted by Gasteiger charge is 2.21. The van der Waals surface area contributed by atoms with Gasteiger partial charge in [0.15, 0.2) is 0 Å². The molecule has 3 N–H and O–H groups in total. The molecule has 0 aromatic heterocycles. The molecular formula is C19H25FN2O4. The Kier molecular flexibility index (Phi) is 7.56. The van der Waals surface area contributed by atoms with Crippen LogP contribution in [0, 0.1) is 11.7 Å². The second kappa shape index (κ2) is 9.89. The van der Waals surface area contributed by atoms with Crippen LogP contribution in [0.4, 0.5) is 4.39 Å². The van der Waals surface area contributed by atoms with E-state index in [-0.39, 0.29) is 19.0 Å². The Bertz CT molecular complexity index is 627. The van der Waals surface area contributed by atoms with Gasteiger partial charge in [-0.3, -0.25) is 14.4 Å². The lowest BCUT2D eigenvalue weighted by atomic mass is 9.99. The SMILES string of the molecule is O=C(CCC1CCCC1)NCC(=O)NCC(C(=O)O)c1ccc(F)cc1.